The molecule has 1 heterocycles. The third kappa shape index (κ3) is 1.40. The normalized spacial score (nSPS) is 10.5. The molecule has 0 atom stereocenters. The van der Waals surface area contributed by atoms with Crippen molar-refractivity contribution in [1.29, 1.82) is 0 Å². The first-order valence-electron chi connectivity index (χ1n) is 4.37. The van der Waals surface area contributed by atoms with Gasteiger partial charge in [-0.3, -0.25) is 4.79 Å². The third-order valence-electron chi connectivity index (χ3n) is 2.17. The van der Waals surface area contributed by atoms with Crippen LogP contribution in [0.3, 0.4) is 0 Å². The molecule has 4 heteroatoms. The summed E-state index contributed by atoms with van der Waals surface area (Å²) in [5.41, 5.74) is -0.599. The summed E-state index contributed by atoms with van der Waals surface area (Å²) in [6.07, 6.45) is 0. The van der Waals surface area contributed by atoms with E-state index in [-0.39, 0.29) is 11.3 Å². The highest BCUT2D eigenvalue weighted by Gasteiger charge is 2.15. The van der Waals surface area contributed by atoms with Gasteiger partial charge in [-0.25, -0.2) is 4.79 Å². The van der Waals surface area contributed by atoms with Gasteiger partial charge in [0.2, 0.25) is 0 Å². The van der Waals surface area contributed by atoms with Crippen LogP contribution in [0.25, 0.3) is 10.8 Å². The molecule has 0 fully saturated rings. The smallest absolute Gasteiger partial charge is 0.346 e. The number of hydrogen-bond acceptors (Lipinski definition) is 4. The molecule has 0 spiro atoms. The Kier molecular flexibility index (Phi) is 2.04. The van der Waals surface area contributed by atoms with Crippen LogP contribution in [0.15, 0.2) is 33.5 Å². The summed E-state index contributed by atoms with van der Waals surface area (Å²) in [5.74, 6) is -0.960. The molecule has 0 aliphatic rings. The lowest BCUT2D eigenvalue weighted by atomic mass is 10.1. The molecule has 1 aromatic heterocycles. The Balaban J connectivity index is 3.03. The molecule has 0 saturated heterocycles. The molecular weight excluding hydrogens is 196 g/mol. The lowest BCUT2D eigenvalue weighted by molar-refractivity contribution is 0.101. The van der Waals surface area contributed by atoms with Gasteiger partial charge in [-0.1, -0.05) is 18.2 Å². The quantitative estimate of drug-likeness (QED) is 0.718. The molecule has 2 rings (SSSR count). The van der Waals surface area contributed by atoms with Crippen LogP contribution in [-0.2, 0) is 0 Å². The lowest BCUT2D eigenvalue weighted by Crippen LogP contribution is -2.04. The van der Waals surface area contributed by atoms with Crippen LogP contribution in [0.1, 0.15) is 17.3 Å². The van der Waals surface area contributed by atoms with E-state index >= 15 is 0 Å². The van der Waals surface area contributed by atoms with Crippen molar-refractivity contribution >= 4 is 16.6 Å². The molecule has 1 N–H and O–H groups in total. The maximum absolute atomic E-state index is 11.3. The van der Waals surface area contributed by atoms with Crippen molar-refractivity contribution < 1.29 is 14.3 Å². The summed E-state index contributed by atoms with van der Waals surface area (Å²) >= 11 is 0. The van der Waals surface area contributed by atoms with Crippen LogP contribution in [0.5, 0.6) is 5.95 Å². The summed E-state index contributed by atoms with van der Waals surface area (Å²) in [4.78, 5) is 22.6. The van der Waals surface area contributed by atoms with Crippen molar-refractivity contribution in [2.24, 2.45) is 0 Å². The number of aromatic hydroxyl groups is 1. The highest BCUT2D eigenvalue weighted by atomic mass is 16.5. The zero-order valence-electron chi connectivity index (χ0n) is 7.98. The van der Waals surface area contributed by atoms with Gasteiger partial charge in [-0.15, -0.1) is 0 Å². The second-order valence-electron chi connectivity index (χ2n) is 3.17. The Morgan fingerprint density at radius 1 is 1.27 bits per heavy atom. The van der Waals surface area contributed by atoms with Gasteiger partial charge in [-0.05, 0) is 13.0 Å². The maximum atomic E-state index is 11.3. The summed E-state index contributed by atoms with van der Waals surface area (Å²) in [5, 5.41) is 10.1. The molecule has 15 heavy (non-hydrogen) atoms. The second-order valence-corrected chi connectivity index (χ2v) is 3.17. The molecule has 0 aliphatic heterocycles. The predicted molar refractivity (Wildman–Crippen MR) is 54.2 cm³/mol. The van der Waals surface area contributed by atoms with Crippen LogP contribution in [0.4, 0.5) is 0 Å². The Morgan fingerprint density at radius 2 is 1.87 bits per heavy atom. The van der Waals surface area contributed by atoms with E-state index in [0.717, 1.165) is 0 Å². The zero-order valence-corrected chi connectivity index (χ0v) is 7.98. The number of carbonyl (C=O) groups excluding carboxylic acids is 1. The van der Waals surface area contributed by atoms with E-state index in [2.05, 4.69) is 4.42 Å². The molecule has 0 radical (unpaired) electrons. The molecule has 4 nitrogen and oxygen atoms in total. The summed E-state index contributed by atoms with van der Waals surface area (Å²) < 4.78 is 4.56. The van der Waals surface area contributed by atoms with Crippen LogP contribution >= 0.6 is 0 Å². The number of ketones is 1. The van der Waals surface area contributed by atoms with Crippen LogP contribution < -0.4 is 5.63 Å². The van der Waals surface area contributed by atoms with Gasteiger partial charge < -0.3 is 9.52 Å². The summed E-state index contributed by atoms with van der Waals surface area (Å²) in [6.45, 7) is 1.31. The second kappa shape index (κ2) is 3.24. The van der Waals surface area contributed by atoms with Crippen molar-refractivity contribution in [1.82, 2.24) is 0 Å². The molecule has 2 aromatic rings. The highest BCUT2D eigenvalue weighted by molar-refractivity contribution is 6.08. The van der Waals surface area contributed by atoms with Gasteiger partial charge in [0.15, 0.2) is 5.78 Å². The Morgan fingerprint density at radius 3 is 2.47 bits per heavy atom. The number of carbonyl (C=O) groups is 1. The molecule has 0 aliphatic carbocycles. The molecule has 0 amide bonds. The van der Waals surface area contributed by atoms with E-state index in [9.17, 15) is 14.7 Å². The minimum Gasteiger partial charge on any atom is -0.480 e. The van der Waals surface area contributed by atoms with Crippen LogP contribution in [0.2, 0.25) is 0 Å². The first-order chi connectivity index (χ1) is 7.11. The van der Waals surface area contributed by atoms with Gasteiger partial charge in [0.05, 0.1) is 5.39 Å². The molecule has 0 saturated carbocycles. The van der Waals surface area contributed by atoms with E-state index in [1.54, 1.807) is 24.3 Å². The first-order valence-corrected chi connectivity index (χ1v) is 4.37. The molecule has 76 valence electrons. The molecule has 1 aromatic carbocycles. The zero-order chi connectivity index (χ0) is 11.0. The maximum Gasteiger partial charge on any atom is 0.346 e. The van der Waals surface area contributed by atoms with Gasteiger partial charge in [-0.2, -0.15) is 0 Å². The van der Waals surface area contributed by atoms with E-state index < -0.39 is 11.6 Å². The predicted octanol–water partition coefficient (Wildman–Crippen LogP) is 1.70. The number of rotatable bonds is 1. The van der Waals surface area contributed by atoms with Crippen molar-refractivity contribution in [3.8, 4) is 5.95 Å². The Bertz CT molecular complexity index is 595. The number of fused-ring (bicyclic) bond motifs is 1. The third-order valence-corrected chi connectivity index (χ3v) is 2.17. The van der Waals surface area contributed by atoms with Gasteiger partial charge in [0.1, 0.15) is 5.56 Å². The largest absolute Gasteiger partial charge is 0.480 e. The molecule has 0 bridgehead atoms. The average molecular weight is 204 g/mol. The van der Waals surface area contributed by atoms with E-state index in [4.69, 9.17) is 0 Å². The number of benzene rings is 1. The molecular formula is C11H8O4. The van der Waals surface area contributed by atoms with Gasteiger partial charge in [0, 0.05) is 5.39 Å². The SMILES string of the molecule is CC(=O)c1c(O)oc(=O)c2ccccc12. The molecule has 0 unspecified atom stereocenters. The van der Waals surface area contributed by atoms with Gasteiger partial charge >= 0.3 is 5.63 Å². The summed E-state index contributed by atoms with van der Waals surface area (Å²) in [7, 11) is 0. The van der Waals surface area contributed by atoms with Crippen LogP contribution in [-0.4, -0.2) is 10.9 Å². The number of Topliss-reactive ketones (excluding diaryl/α,β-unsaturated/α-hetero) is 1. The van der Waals surface area contributed by atoms with Crippen molar-refractivity contribution in [3.63, 3.8) is 0 Å². The summed E-state index contributed by atoms with van der Waals surface area (Å²) in [6, 6.07) is 6.50. The van der Waals surface area contributed by atoms with Gasteiger partial charge in [0.25, 0.3) is 5.95 Å². The minimum atomic E-state index is -0.645. The van der Waals surface area contributed by atoms with E-state index in [1.165, 1.54) is 6.92 Å². The lowest BCUT2D eigenvalue weighted by Gasteiger charge is -2.02. The van der Waals surface area contributed by atoms with Crippen molar-refractivity contribution in [2.45, 2.75) is 6.92 Å². The van der Waals surface area contributed by atoms with E-state index in [0.29, 0.717) is 10.8 Å². The fourth-order valence-corrected chi connectivity index (χ4v) is 1.53. The Hall–Kier alpha value is -2.10. The van der Waals surface area contributed by atoms with Crippen molar-refractivity contribution in [3.05, 3.63) is 40.2 Å². The monoisotopic (exact) mass is 204 g/mol. The first kappa shape index (κ1) is 9.45. The standard InChI is InChI=1S/C11H8O4/c1-6(12)9-7-4-2-3-5-8(7)10(13)15-11(9)14/h2-5,14H,1H3. The average Bonchev–Trinajstić information content (AvgIpc) is 2.17. The fraction of sp³-hybridized carbons (Fsp3) is 0.0909. The van der Waals surface area contributed by atoms with Crippen molar-refractivity contribution in [2.75, 3.05) is 0 Å². The number of hydrogen-bond donors (Lipinski definition) is 1. The highest BCUT2D eigenvalue weighted by Crippen LogP contribution is 2.24. The Labute approximate surface area is 84.8 Å². The van der Waals surface area contributed by atoms with Crippen LogP contribution in [0, 0.1) is 0 Å². The fourth-order valence-electron chi connectivity index (χ4n) is 1.53. The minimum absolute atomic E-state index is 0.0465. The van der Waals surface area contributed by atoms with E-state index in [1.807, 2.05) is 0 Å². The topological polar surface area (TPSA) is 67.5 Å².